The van der Waals surface area contributed by atoms with Gasteiger partial charge in [0.2, 0.25) is 11.0 Å². The molecule has 3 aromatic heterocycles. The Hall–Kier alpha value is -4.07. The molecule has 109 heavy (non-hydrogen) atoms. The number of pyridine rings is 2. The summed E-state index contributed by atoms with van der Waals surface area (Å²) in [5.41, 5.74) is 14.5. The lowest BCUT2D eigenvalue weighted by molar-refractivity contribution is -0.678. The van der Waals surface area contributed by atoms with Gasteiger partial charge in [0.25, 0.3) is 5.82 Å². The first-order valence-corrected chi connectivity index (χ1v) is 40.5. The van der Waals surface area contributed by atoms with Crippen LogP contribution in [0.3, 0.4) is 0 Å². The van der Waals surface area contributed by atoms with Crippen molar-refractivity contribution in [1.82, 2.24) is 14.4 Å². The van der Waals surface area contributed by atoms with E-state index in [1.165, 1.54) is 91.8 Å². The number of fused-ring (bicyclic) bond motifs is 3. The summed E-state index contributed by atoms with van der Waals surface area (Å²) in [5.74, 6) is 5.39. The zero-order valence-corrected chi connectivity index (χ0v) is 68.9. The van der Waals surface area contributed by atoms with Gasteiger partial charge in [-0.2, -0.15) is 13.7 Å². The van der Waals surface area contributed by atoms with Crippen LogP contribution in [0.5, 0.6) is 0 Å². The van der Waals surface area contributed by atoms with E-state index in [1.807, 2.05) is 0 Å². The molecule has 5 saturated heterocycles. The number of rotatable bonds is 22. The van der Waals surface area contributed by atoms with Gasteiger partial charge in [0, 0.05) is 283 Å². The van der Waals surface area contributed by atoms with Gasteiger partial charge in [-0.1, -0.05) is 154 Å². The largest absolute Gasteiger partial charge is 0.362 e. The Labute approximate surface area is 686 Å². The van der Waals surface area contributed by atoms with Crippen LogP contribution in [0.1, 0.15) is 119 Å². The summed E-state index contributed by atoms with van der Waals surface area (Å²) in [4.78, 5) is 9.28. The fraction of sp³-hybridized carbons (Fsp3) is 0.493. The Balaban J connectivity index is 0.000000148. The molecule has 14 rings (SSSR count). The average Bonchev–Trinajstić information content (AvgIpc) is 1.58. The maximum Gasteiger partial charge on any atom is 0.255 e. The van der Waals surface area contributed by atoms with Gasteiger partial charge in [0.05, 0.1) is 30.8 Å². The van der Waals surface area contributed by atoms with E-state index in [4.69, 9.17) is 116 Å². The van der Waals surface area contributed by atoms with Crippen molar-refractivity contribution in [2.75, 3.05) is 23.9 Å². The molecule has 10 atom stereocenters. The second-order valence-electron chi connectivity index (χ2n) is 35.0. The maximum atomic E-state index is 6.37. The predicted molar refractivity (Wildman–Crippen MR) is 509 cm³/mol. The van der Waals surface area contributed by atoms with Gasteiger partial charge in [-0.3, -0.25) is 0 Å². The molecule has 0 spiro atoms. The zero-order chi connectivity index (χ0) is 80.1. The molecule has 30 radical (unpaired) electrons. The van der Waals surface area contributed by atoms with Gasteiger partial charge < -0.3 is 19.6 Å². The van der Waals surface area contributed by atoms with Crippen molar-refractivity contribution >= 4 is 260 Å². The topological polar surface area (TPSA) is 29.5 Å². The number of nitrogens with zero attached hydrogens (tertiary/aromatic N) is 8. The highest BCUT2D eigenvalue weighted by atomic mass is 15.4. The van der Waals surface area contributed by atoms with Crippen LogP contribution in [-0.2, 0) is 27.6 Å². The monoisotopic (exact) mass is 1390 g/mol. The highest BCUT2D eigenvalue weighted by Crippen LogP contribution is 2.54. The number of anilines is 2. The molecule has 4 aromatic carbocycles. The molecule has 0 bridgehead atoms. The number of imidazole rings is 1. The Morgan fingerprint density at radius 3 is 1.41 bits per heavy atom. The van der Waals surface area contributed by atoms with Crippen LogP contribution in [0.2, 0.25) is 63.9 Å². The lowest BCUT2D eigenvalue weighted by Crippen LogP contribution is -2.60. The third kappa shape index (κ3) is 18.9. The zero-order valence-electron chi connectivity index (χ0n) is 68.9. The van der Waals surface area contributed by atoms with E-state index < -0.39 is 51.1 Å². The molecule has 0 aliphatic carbocycles. The van der Waals surface area contributed by atoms with Crippen molar-refractivity contribution in [2.24, 2.45) is 27.1 Å². The van der Waals surface area contributed by atoms with Crippen LogP contribution >= 0.6 is 0 Å². The summed E-state index contributed by atoms with van der Waals surface area (Å²) in [6, 6.07) is 39.8. The second-order valence-corrected chi connectivity index (χ2v) is 35.0. The number of aromatic nitrogens is 4. The lowest BCUT2D eigenvalue weighted by Gasteiger charge is -2.32. The van der Waals surface area contributed by atoms with E-state index in [0.717, 1.165) is 31.0 Å². The van der Waals surface area contributed by atoms with Crippen molar-refractivity contribution in [1.29, 1.82) is 0 Å². The molecule has 0 saturated carbocycles. The van der Waals surface area contributed by atoms with Crippen LogP contribution in [-0.4, -0.2) is 279 Å². The number of hydrogen-bond acceptors (Lipinski definition) is 4. The fourth-order valence-electron chi connectivity index (χ4n) is 19.1. The summed E-state index contributed by atoms with van der Waals surface area (Å²) in [6.07, 6.45) is 8.29. The molecule has 7 aliphatic rings. The summed E-state index contributed by atoms with van der Waals surface area (Å²) < 4.78 is 9.33. The van der Waals surface area contributed by atoms with Crippen LogP contribution in [0.15, 0.2) is 134 Å². The van der Waals surface area contributed by atoms with Gasteiger partial charge in [0.15, 0.2) is 38.2 Å². The Morgan fingerprint density at radius 2 is 0.945 bits per heavy atom. The third-order valence-electron chi connectivity index (χ3n) is 26.2. The van der Waals surface area contributed by atoms with E-state index in [1.54, 1.807) is 0 Å². The summed E-state index contributed by atoms with van der Waals surface area (Å²) in [5, 5.41) is 2.70. The molecule has 0 N–H and O–H groups in total. The molecule has 8 nitrogen and oxygen atoms in total. The molecule has 10 heterocycles. The highest BCUT2D eigenvalue weighted by Gasteiger charge is 2.63. The van der Waals surface area contributed by atoms with Crippen LogP contribution < -0.4 is 23.5 Å². The third-order valence-corrected chi connectivity index (χ3v) is 26.2. The molecular formula is C69H95B32N8+3. The van der Waals surface area contributed by atoms with Gasteiger partial charge in [-0.05, 0) is 91.9 Å². The summed E-state index contributed by atoms with van der Waals surface area (Å²) >= 11 is 0. The van der Waals surface area contributed by atoms with Crippen molar-refractivity contribution in [3.8, 4) is 5.69 Å². The summed E-state index contributed by atoms with van der Waals surface area (Å²) in [7, 11) is 101. The number of hydrogen-bond donors (Lipinski definition) is 0. The van der Waals surface area contributed by atoms with E-state index >= 15 is 0 Å². The first kappa shape index (κ1) is 87.3. The minimum Gasteiger partial charge on any atom is -0.362 e. The second kappa shape index (κ2) is 36.4. The first-order chi connectivity index (χ1) is 51.4. The normalized spacial score (nSPS) is 21.5. The first-order valence-electron chi connectivity index (χ1n) is 40.5. The van der Waals surface area contributed by atoms with Crippen LogP contribution in [0, 0.1) is 5.92 Å². The molecule has 8 unspecified atom stereocenters. The van der Waals surface area contributed by atoms with Crippen molar-refractivity contribution in [3.63, 3.8) is 0 Å². The fourth-order valence-corrected chi connectivity index (χ4v) is 19.1. The minimum atomic E-state index is -0.650. The molecule has 40 heteroatoms. The predicted octanol–water partition coefficient (Wildman–Crippen LogP) is 3.14. The van der Waals surface area contributed by atoms with Crippen LogP contribution in [0.4, 0.5) is 11.4 Å². The van der Waals surface area contributed by atoms with E-state index in [2.05, 4.69) is 297 Å². The van der Waals surface area contributed by atoms with Crippen molar-refractivity contribution in [2.45, 2.75) is 179 Å². The maximum absolute atomic E-state index is 6.37. The van der Waals surface area contributed by atoms with Gasteiger partial charge in [0.1, 0.15) is 38.9 Å². The molecule has 7 aromatic rings. The lowest BCUT2D eigenvalue weighted by atomic mass is 8.62. The molecule has 5 fully saturated rings. The SMILES string of the molecule is CB1CC1c1ccc2cc(CC(C)C)ccc2[n+]1C.CB1CC1c1ccc2ccccc2[n+]1C.[B]B([B])B([B])B(B([B])[B])C1B(C)C1N1C=CN(C)[C@@H]1C.[B]B([B])B([B])B(B([B])[B])C1B(C)C1N1c2ccccc2N(C)[C@@H]1C.[B]B([B])B([B])B(B([B])[B])C1B(C)C1c1n(-c2c(C(C)C)cccc2C(C)C)cc[n+]1C. The smallest absolute Gasteiger partial charge is 0.255 e. The number of aryl methyl sites for hydroxylation is 3. The van der Waals surface area contributed by atoms with Gasteiger partial charge in [-0.15, -0.1) is 0 Å². The van der Waals surface area contributed by atoms with E-state index in [-0.39, 0.29) is 49.3 Å². The Morgan fingerprint density at radius 1 is 0.486 bits per heavy atom. The number of benzene rings is 4. The molecule has 0 amide bonds. The number of para-hydroxylation sites is 4. The van der Waals surface area contributed by atoms with Crippen molar-refractivity contribution in [3.05, 3.63) is 168 Å². The van der Waals surface area contributed by atoms with E-state index in [9.17, 15) is 0 Å². The van der Waals surface area contributed by atoms with Crippen molar-refractivity contribution < 1.29 is 13.7 Å². The standard InChI is InChI=1S/C19H27B10N2.C17H23BN.C13H15BN.C12H16B10N2.C8H14B10N2/c1-12(2)14-8-7-9-15(13(3)4)17(14)31-11-10-30(6)19(31)16-18(25(16)5)26(27(20)21)29(24)28(22)23;1-12(2)9-13-5-7-16-14(10-13)6-8-17(19(16)4)15-11-18(15)3;1-14-9-11(14)13-8-7-10-5-3-4-6-12(10)15(13)2;1-8-23(3)9-6-4-5-7-10(9)24(8)12-11(18(12)2)19(20(13)14)22(17)21(15)16;1-6-19(3)4-5-20(6)8-7(14(8)2)15(16(9)10)18(13)17(11)12/h7-13,16,18H,1-6H3;5-8,10,12,15H,9,11H2,1-4H3;3-8,11H,9H2,1-2H3;4-8,11-12H,1-3H3;4-8H,1-3H3/q3*+1;;/t;;;8-,11?,12?;6-,7?,8?/m...00/s1. The minimum absolute atomic E-state index is 0.0680. The Bertz CT molecular complexity index is 4230. The van der Waals surface area contributed by atoms with Crippen LogP contribution in [0.25, 0.3) is 27.5 Å². The highest BCUT2D eigenvalue weighted by molar-refractivity contribution is 7.94. The molecular weight excluding hydrogens is 1290 g/mol. The quantitative estimate of drug-likeness (QED) is 0.0773. The molecule has 504 valence electrons. The summed E-state index contributed by atoms with van der Waals surface area (Å²) in [6.45, 7) is 32.0. The Kier molecular flexibility index (Phi) is 29.2. The van der Waals surface area contributed by atoms with Gasteiger partial charge in [-0.25, -0.2) is 4.57 Å². The van der Waals surface area contributed by atoms with E-state index in [0.29, 0.717) is 55.7 Å². The van der Waals surface area contributed by atoms with Gasteiger partial charge >= 0.3 is 0 Å². The average molecular weight is 1380 g/mol. The molecule has 7 aliphatic heterocycles.